The molecular weight excluding hydrogens is 490 g/mol. The van der Waals surface area contributed by atoms with E-state index in [2.05, 4.69) is 49.1 Å². The average Bonchev–Trinajstić information content (AvgIpc) is 3.24. The van der Waals surface area contributed by atoms with Crippen molar-refractivity contribution in [2.45, 2.75) is 46.8 Å². The molecule has 0 N–H and O–H groups in total. The van der Waals surface area contributed by atoms with Gasteiger partial charge in [-0.3, -0.25) is 4.79 Å². The first-order chi connectivity index (χ1) is 17.9. The van der Waals surface area contributed by atoms with Crippen molar-refractivity contribution in [1.82, 2.24) is 9.80 Å². The van der Waals surface area contributed by atoms with Gasteiger partial charge in [0.05, 0.1) is 4.88 Å². The van der Waals surface area contributed by atoms with Crippen molar-refractivity contribution in [3.63, 3.8) is 0 Å². The Kier molecular flexibility index (Phi) is 9.11. The number of fused-ring (bicyclic) bond motifs is 2. The molecule has 0 atom stereocenters. The lowest BCUT2D eigenvalue weighted by atomic mass is 10.1. The summed E-state index contributed by atoms with van der Waals surface area (Å²) in [6, 6.07) is 19.6. The van der Waals surface area contributed by atoms with E-state index >= 15 is 0 Å². The SMILES string of the molecule is CCN(CC)CCCCN(Cc1ccc2ccccc2c1)C(=O)c1sc2cccc(OC(F)F)c2c1C. The Labute approximate surface area is 221 Å². The fourth-order valence-electron chi connectivity index (χ4n) is 4.80. The largest absolute Gasteiger partial charge is 0.434 e. The van der Waals surface area contributed by atoms with Crippen LogP contribution in [0.25, 0.3) is 20.9 Å². The van der Waals surface area contributed by atoms with Crippen molar-refractivity contribution in [3.8, 4) is 5.75 Å². The molecule has 0 aliphatic heterocycles. The number of hydrogen-bond acceptors (Lipinski definition) is 4. The molecule has 0 spiro atoms. The number of alkyl halides is 2. The van der Waals surface area contributed by atoms with E-state index in [1.165, 1.54) is 17.4 Å². The van der Waals surface area contributed by atoms with Crippen molar-refractivity contribution in [1.29, 1.82) is 0 Å². The van der Waals surface area contributed by atoms with Crippen LogP contribution in [0.15, 0.2) is 60.7 Å². The minimum atomic E-state index is -2.92. The summed E-state index contributed by atoms with van der Waals surface area (Å²) in [4.78, 5) is 18.8. The Bertz CT molecular complexity index is 1350. The van der Waals surface area contributed by atoms with E-state index in [0.717, 1.165) is 53.5 Å². The number of benzene rings is 3. The van der Waals surface area contributed by atoms with Crippen LogP contribution in [-0.2, 0) is 6.54 Å². The van der Waals surface area contributed by atoms with Gasteiger partial charge in [0.1, 0.15) is 5.75 Å². The van der Waals surface area contributed by atoms with Crippen LogP contribution in [0.4, 0.5) is 8.78 Å². The molecule has 1 aromatic heterocycles. The first-order valence-corrected chi connectivity index (χ1v) is 13.7. The first kappa shape index (κ1) is 27.0. The maximum Gasteiger partial charge on any atom is 0.387 e. The molecule has 4 rings (SSSR count). The number of carbonyl (C=O) groups is 1. The zero-order valence-corrected chi connectivity index (χ0v) is 22.5. The normalized spacial score (nSPS) is 11.6. The summed E-state index contributed by atoms with van der Waals surface area (Å²) in [5, 5.41) is 2.89. The molecule has 0 fully saturated rings. The molecule has 3 aromatic carbocycles. The Morgan fingerprint density at radius 2 is 1.68 bits per heavy atom. The van der Waals surface area contributed by atoms with Crippen LogP contribution < -0.4 is 4.74 Å². The molecule has 0 saturated heterocycles. The maximum atomic E-state index is 13.9. The van der Waals surface area contributed by atoms with Crippen molar-refractivity contribution in [2.24, 2.45) is 0 Å². The predicted octanol–water partition coefficient (Wildman–Crippen LogP) is 7.73. The first-order valence-electron chi connectivity index (χ1n) is 12.9. The maximum absolute atomic E-state index is 13.9. The number of carbonyl (C=O) groups excluding carboxylic acids is 1. The number of amides is 1. The lowest BCUT2D eigenvalue weighted by Crippen LogP contribution is -2.32. The second kappa shape index (κ2) is 12.5. The Morgan fingerprint density at radius 1 is 0.946 bits per heavy atom. The second-order valence-electron chi connectivity index (χ2n) is 9.21. The van der Waals surface area contributed by atoms with Crippen LogP contribution in [-0.4, -0.2) is 48.5 Å². The van der Waals surface area contributed by atoms with Crippen LogP contribution in [0.1, 0.15) is 47.5 Å². The molecule has 37 heavy (non-hydrogen) atoms. The summed E-state index contributed by atoms with van der Waals surface area (Å²) in [6.45, 7) is 7.37. The minimum absolute atomic E-state index is 0.0716. The number of halogens is 2. The third kappa shape index (κ3) is 6.46. The number of nitrogens with zero attached hydrogens (tertiary/aromatic N) is 2. The molecule has 0 bridgehead atoms. The molecule has 0 unspecified atom stereocenters. The molecule has 0 radical (unpaired) electrons. The number of unbranched alkanes of at least 4 members (excludes halogenated alkanes) is 1. The summed E-state index contributed by atoms with van der Waals surface area (Å²) in [5.41, 5.74) is 1.75. The molecule has 1 heterocycles. The van der Waals surface area contributed by atoms with E-state index in [1.54, 1.807) is 6.07 Å². The highest BCUT2D eigenvalue weighted by molar-refractivity contribution is 7.21. The van der Waals surface area contributed by atoms with Crippen molar-refractivity contribution in [2.75, 3.05) is 26.2 Å². The van der Waals surface area contributed by atoms with E-state index in [1.807, 2.05) is 30.0 Å². The molecule has 4 aromatic rings. The third-order valence-electron chi connectivity index (χ3n) is 6.85. The predicted molar refractivity (Wildman–Crippen MR) is 149 cm³/mol. The molecule has 196 valence electrons. The van der Waals surface area contributed by atoms with E-state index in [0.29, 0.717) is 28.9 Å². The standard InChI is InChI=1S/C30H34F2N2O2S/c1-4-33(5-2)17-8-9-18-34(20-22-15-16-23-11-6-7-12-24(23)19-22)29(35)28-21(3)27-25(36-30(31)32)13-10-14-26(27)37-28/h6-7,10-16,19,30H,4-5,8-9,17-18,20H2,1-3H3. The van der Waals surface area contributed by atoms with Gasteiger partial charge in [-0.05, 0) is 79.5 Å². The van der Waals surface area contributed by atoms with Gasteiger partial charge in [-0.1, -0.05) is 56.3 Å². The quantitative estimate of drug-likeness (QED) is 0.178. The van der Waals surface area contributed by atoms with Crippen LogP contribution in [0, 0.1) is 6.92 Å². The number of hydrogen-bond donors (Lipinski definition) is 0. The van der Waals surface area contributed by atoms with Gasteiger partial charge in [0.15, 0.2) is 0 Å². The summed E-state index contributed by atoms with van der Waals surface area (Å²) >= 11 is 1.34. The number of aryl methyl sites for hydroxylation is 1. The average molecular weight is 525 g/mol. The highest BCUT2D eigenvalue weighted by atomic mass is 32.1. The van der Waals surface area contributed by atoms with Gasteiger partial charge in [0, 0.05) is 23.2 Å². The van der Waals surface area contributed by atoms with Gasteiger partial charge in [-0.25, -0.2) is 0 Å². The fourth-order valence-corrected chi connectivity index (χ4v) is 5.99. The van der Waals surface area contributed by atoms with E-state index in [9.17, 15) is 13.6 Å². The third-order valence-corrected chi connectivity index (χ3v) is 8.09. The van der Waals surface area contributed by atoms with Gasteiger partial charge < -0.3 is 14.5 Å². The van der Waals surface area contributed by atoms with E-state index in [4.69, 9.17) is 4.74 Å². The summed E-state index contributed by atoms with van der Waals surface area (Å²) in [6.07, 6.45) is 1.89. The van der Waals surface area contributed by atoms with Crippen molar-refractivity contribution < 1.29 is 18.3 Å². The Morgan fingerprint density at radius 3 is 2.41 bits per heavy atom. The highest BCUT2D eigenvalue weighted by Gasteiger charge is 2.24. The number of thiophene rings is 1. The number of ether oxygens (including phenoxy) is 1. The Balaban J connectivity index is 1.61. The number of rotatable bonds is 12. The highest BCUT2D eigenvalue weighted by Crippen LogP contribution is 2.38. The Hall–Kier alpha value is -3.03. The zero-order valence-electron chi connectivity index (χ0n) is 21.7. The lowest BCUT2D eigenvalue weighted by molar-refractivity contribution is -0.0488. The molecule has 4 nitrogen and oxygen atoms in total. The second-order valence-corrected chi connectivity index (χ2v) is 10.3. The van der Waals surface area contributed by atoms with Crippen molar-refractivity contribution >= 4 is 38.1 Å². The molecular formula is C30H34F2N2O2S. The minimum Gasteiger partial charge on any atom is -0.434 e. The summed E-state index contributed by atoms with van der Waals surface area (Å²) in [7, 11) is 0. The summed E-state index contributed by atoms with van der Waals surface area (Å²) < 4.78 is 31.6. The van der Waals surface area contributed by atoms with Gasteiger partial charge in [0.2, 0.25) is 0 Å². The van der Waals surface area contributed by atoms with Gasteiger partial charge in [0.25, 0.3) is 5.91 Å². The fraction of sp³-hybridized carbons (Fsp3) is 0.367. The topological polar surface area (TPSA) is 32.8 Å². The van der Waals surface area contributed by atoms with Crippen LogP contribution in [0.2, 0.25) is 0 Å². The monoisotopic (exact) mass is 524 g/mol. The van der Waals surface area contributed by atoms with Gasteiger partial charge in [-0.2, -0.15) is 8.78 Å². The van der Waals surface area contributed by atoms with Crippen LogP contribution in [0.3, 0.4) is 0 Å². The molecule has 7 heteroatoms. The molecule has 1 amide bonds. The van der Waals surface area contributed by atoms with Crippen LogP contribution >= 0.6 is 11.3 Å². The van der Waals surface area contributed by atoms with E-state index < -0.39 is 6.61 Å². The van der Waals surface area contributed by atoms with Crippen LogP contribution in [0.5, 0.6) is 5.75 Å². The lowest BCUT2D eigenvalue weighted by Gasteiger charge is -2.24. The van der Waals surface area contributed by atoms with Gasteiger partial charge in [-0.15, -0.1) is 11.3 Å². The molecule has 0 saturated carbocycles. The molecule has 0 aliphatic rings. The van der Waals surface area contributed by atoms with E-state index in [-0.39, 0.29) is 11.7 Å². The molecule has 0 aliphatic carbocycles. The smallest absolute Gasteiger partial charge is 0.387 e. The van der Waals surface area contributed by atoms with Crippen molar-refractivity contribution in [3.05, 3.63) is 76.7 Å². The zero-order chi connectivity index (χ0) is 26.4. The summed E-state index contributed by atoms with van der Waals surface area (Å²) in [5.74, 6) is 0.0401. The van der Waals surface area contributed by atoms with Gasteiger partial charge >= 0.3 is 6.61 Å².